The van der Waals surface area contributed by atoms with Gasteiger partial charge in [-0.15, -0.1) is 0 Å². The van der Waals surface area contributed by atoms with Crippen molar-refractivity contribution >= 4 is 28.3 Å². The van der Waals surface area contributed by atoms with Gasteiger partial charge in [-0.3, -0.25) is 4.68 Å². The van der Waals surface area contributed by atoms with Crippen LogP contribution in [-0.2, 0) is 13.1 Å². The van der Waals surface area contributed by atoms with Crippen molar-refractivity contribution in [3.63, 3.8) is 0 Å². The van der Waals surface area contributed by atoms with Crippen LogP contribution >= 0.6 is 11.6 Å². The lowest BCUT2D eigenvalue weighted by atomic mass is 10.2. The Morgan fingerprint density at radius 3 is 2.81 bits per heavy atom. The highest BCUT2D eigenvalue weighted by atomic mass is 35.5. The molecule has 0 saturated heterocycles. The van der Waals surface area contributed by atoms with E-state index in [-0.39, 0.29) is 5.69 Å². The molecule has 0 aliphatic rings. The van der Waals surface area contributed by atoms with Crippen LogP contribution in [0.5, 0.6) is 0 Å². The third kappa shape index (κ3) is 3.62. The van der Waals surface area contributed by atoms with Crippen molar-refractivity contribution in [2.75, 3.05) is 11.4 Å². The average molecular weight is 369 g/mol. The van der Waals surface area contributed by atoms with E-state index in [1.165, 1.54) is 6.33 Å². The summed E-state index contributed by atoms with van der Waals surface area (Å²) in [5, 5.41) is 4.87. The van der Waals surface area contributed by atoms with Crippen molar-refractivity contribution in [1.29, 1.82) is 0 Å². The highest BCUT2D eigenvalue weighted by Crippen LogP contribution is 2.22. The monoisotopic (exact) mass is 368 g/mol. The van der Waals surface area contributed by atoms with Gasteiger partial charge in [0.15, 0.2) is 0 Å². The zero-order valence-electron chi connectivity index (χ0n) is 13.9. The second-order valence-electron chi connectivity index (χ2n) is 6.02. The Balaban J connectivity index is 1.64. The van der Waals surface area contributed by atoms with Crippen LogP contribution in [0.1, 0.15) is 5.56 Å². The molecule has 2 aromatic carbocycles. The molecule has 132 valence electrons. The number of hydrogen-bond donors (Lipinski definition) is 2. The van der Waals surface area contributed by atoms with Crippen LogP contribution in [0.2, 0.25) is 5.02 Å². The molecule has 0 saturated carbocycles. The molecule has 4 aromatic rings. The van der Waals surface area contributed by atoms with Gasteiger partial charge in [-0.25, -0.2) is 9.78 Å². The molecule has 0 radical (unpaired) electrons. The number of benzene rings is 2. The number of imidazole rings is 1. The number of rotatable bonds is 6. The average Bonchev–Trinajstić information content (AvgIpc) is 3.26. The van der Waals surface area contributed by atoms with E-state index in [1.54, 1.807) is 11.0 Å². The normalized spacial score (nSPS) is 11.1. The molecular formula is C18H17ClN6O. The minimum Gasteiger partial charge on any atom is -0.365 e. The van der Waals surface area contributed by atoms with Gasteiger partial charge in [0.1, 0.15) is 12.7 Å². The number of anilines is 1. The third-order valence-corrected chi connectivity index (χ3v) is 4.43. The summed E-state index contributed by atoms with van der Waals surface area (Å²) < 4.78 is 1.79. The van der Waals surface area contributed by atoms with E-state index >= 15 is 0 Å². The van der Waals surface area contributed by atoms with Gasteiger partial charge in [-0.05, 0) is 35.9 Å². The fourth-order valence-corrected chi connectivity index (χ4v) is 3.16. The van der Waals surface area contributed by atoms with E-state index in [4.69, 9.17) is 11.6 Å². The molecule has 4 rings (SSSR count). The zero-order valence-corrected chi connectivity index (χ0v) is 14.6. The predicted molar refractivity (Wildman–Crippen MR) is 101 cm³/mol. The number of aromatic amines is 2. The first-order valence-electron chi connectivity index (χ1n) is 8.21. The van der Waals surface area contributed by atoms with Gasteiger partial charge in [-0.1, -0.05) is 23.7 Å². The predicted octanol–water partition coefficient (Wildman–Crippen LogP) is 2.81. The van der Waals surface area contributed by atoms with Crippen LogP contribution in [0, 0.1) is 0 Å². The smallest absolute Gasteiger partial charge is 0.323 e. The molecule has 0 spiro atoms. The maximum atomic E-state index is 11.5. The SMILES string of the molecule is O=c1[nH]c2ccc(N(CCn3cncn3)Cc3cccc(Cl)c3)cc2[nH]1. The van der Waals surface area contributed by atoms with Crippen LogP contribution in [0.3, 0.4) is 0 Å². The fourth-order valence-electron chi connectivity index (χ4n) is 2.94. The summed E-state index contributed by atoms with van der Waals surface area (Å²) in [7, 11) is 0. The lowest BCUT2D eigenvalue weighted by Crippen LogP contribution is -2.27. The number of fused-ring (bicyclic) bond motifs is 1. The first-order chi connectivity index (χ1) is 12.7. The lowest BCUT2D eigenvalue weighted by Gasteiger charge is -2.25. The van der Waals surface area contributed by atoms with E-state index in [2.05, 4.69) is 25.0 Å². The number of aromatic nitrogens is 5. The summed E-state index contributed by atoms with van der Waals surface area (Å²) in [6, 6.07) is 13.7. The standard InChI is InChI=1S/C18H17ClN6O/c19-14-3-1-2-13(8-14)10-24(6-7-25-12-20-11-21-25)15-4-5-16-17(9-15)23-18(26)22-16/h1-5,8-9,11-12H,6-7,10H2,(H2,22,23,26). The third-order valence-electron chi connectivity index (χ3n) is 4.19. The first-order valence-corrected chi connectivity index (χ1v) is 8.59. The van der Waals surface area contributed by atoms with E-state index in [1.807, 2.05) is 42.5 Å². The Hall–Kier alpha value is -3.06. The van der Waals surface area contributed by atoms with Gasteiger partial charge in [0.2, 0.25) is 0 Å². The van der Waals surface area contributed by atoms with Crippen molar-refractivity contribution in [2.24, 2.45) is 0 Å². The van der Waals surface area contributed by atoms with E-state index < -0.39 is 0 Å². The van der Waals surface area contributed by atoms with E-state index in [9.17, 15) is 4.79 Å². The van der Waals surface area contributed by atoms with E-state index in [0.717, 1.165) is 28.8 Å². The molecule has 0 aliphatic heterocycles. The Morgan fingerprint density at radius 2 is 2.00 bits per heavy atom. The number of nitrogens with zero attached hydrogens (tertiary/aromatic N) is 4. The van der Waals surface area contributed by atoms with Gasteiger partial charge >= 0.3 is 5.69 Å². The molecule has 2 heterocycles. The Morgan fingerprint density at radius 1 is 1.12 bits per heavy atom. The summed E-state index contributed by atoms with van der Waals surface area (Å²) in [6.45, 7) is 2.12. The summed E-state index contributed by atoms with van der Waals surface area (Å²) in [5.74, 6) is 0. The molecule has 2 N–H and O–H groups in total. The molecular weight excluding hydrogens is 352 g/mol. The topological polar surface area (TPSA) is 82.6 Å². The number of nitrogens with one attached hydrogen (secondary N) is 2. The highest BCUT2D eigenvalue weighted by Gasteiger charge is 2.10. The molecule has 7 nitrogen and oxygen atoms in total. The van der Waals surface area contributed by atoms with Crippen LogP contribution in [0.15, 0.2) is 59.9 Å². The molecule has 26 heavy (non-hydrogen) atoms. The van der Waals surface area contributed by atoms with E-state index in [0.29, 0.717) is 18.1 Å². The number of hydrogen-bond acceptors (Lipinski definition) is 4. The van der Waals surface area contributed by atoms with Crippen molar-refractivity contribution in [1.82, 2.24) is 24.7 Å². The van der Waals surface area contributed by atoms with Crippen molar-refractivity contribution in [2.45, 2.75) is 13.1 Å². The Kier molecular flexibility index (Phi) is 4.45. The Bertz CT molecular complexity index is 1070. The minimum atomic E-state index is -0.207. The summed E-state index contributed by atoms with van der Waals surface area (Å²) >= 11 is 6.13. The largest absolute Gasteiger partial charge is 0.365 e. The second kappa shape index (κ2) is 7.05. The molecule has 0 atom stereocenters. The zero-order chi connectivity index (χ0) is 17.9. The van der Waals surface area contributed by atoms with Crippen LogP contribution in [0.4, 0.5) is 5.69 Å². The van der Waals surface area contributed by atoms with Crippen molar-refractivity contribution in [3.8, 4) is 0 Å². The minimum absolute atomic E-state index is 0.207. The highest BCUT2D eigenvalue weighted by molar-refractivity contribution is 6.30. The van der Waals surface area contributed by atoms with Gasteiger partial charge in [-0.2, -0.15) is 5.10 Å². The summed E-state index contributed by atoms with van der Waals surface area (Å²) in [4.78, 5) is 23.3. The van der Waals surface area contributed by atoms with Crippen LogP contribution in [-0.4, -0.2) is 31.3 Å². The fraction of sp³-hybridized carbons (Fsp3) is 0.167. The van der Waals surface area contributed by atoms with Crippen LogP contribution in [0.25, 0.3) is 11.0 Å². The Labute approximate surface area is 154 Å². The van der Waals surface area contributed by atoms with Crippen LogP contribution < -0.4 is 10.6 Å². The molecule has 0 aliphatic carbocycles. The number of halogens is 1. The maximum absolute atomic E-state index is 11.5. The lowest BCUT2D eigenvalue weighted by molar-refractivity contribution is 0.593. The molecule has 8 heteroatoms. The van der Waals surface area contributed by atoms with Gasteiger partial charge in [0.05, 0.1) is 17.6 Å². The molecule has 0 unspecified atom stereocenters. The second-order valence-corrected chi connectivity index (χ2v) is 6.46. The molecule has 0 fully saturated rings. The van der Waals surface area contributed by atoms with Gasteiger partial charge in [0.25, 0.3) is 0 Å². The van der Waals surface area contributed by atoms with Gasteiger partial charge < -0.3 is 14.9 Å². The number of H-pyrrole nitrogens is 2. The quantitative estimate of drug-likeness (QED) is 0.548. The maximum Gasteiger partial charge on any atom is 0.323 e. The summed E-state index contributed by atoms with van der Waals surface area (Å²) in [6.07, 6.45) is 3.22. The van der Waals surface area contributed by atoms with Crippen molar-refractivity contribution in [3.05, 3.63) is 76.2 Å². The van der Waals surface area contributed by atoms with Gasteiger partial charge in [0, 0.05) is 23.8 Å². The molecule has 0 amide bonds. The first kappa shape index (κ1) is 16.4. The molecule has 0 bridgehead atoms. The molecule has 2 aromatic heterocycles. The summed E-state index contributed by atoms with van der Waals surface area (Å²) in [5.41, 5.74) is 3.48. The van der Waals surface area contributed by atoms with Crippen molar-refractivity contribution < 1.29 is 0 Å².